The lowest BCUT2D eigenvalue weighted by Gasteiger charge is -2.14. The van der Waals surface area contributed by atoms with Crippen LogP contribution in [-0.4, -0.2) is 28.3 Å². The first-order valence-corrected chi connectivity index (χ1v) is 7.68. The Morgan fingerprint density at radius 3 is 2.71 bits per heavy atom. The van der Waals surface area contributed by atoms with Gasteiger partial charge in [-0.15, -0.1) is 11.8 Å². The molecule has 0 spiro atoms. The summed E-state index contributed by atoms with van der Waals surface area (Å²) >= 11 is 1.45. The second-order valence-electron chi connectivity index (χ2n) is 4.65. The van der Waals surface area contributed by atoms with Crippen LogP contribution in [0.2, 0.25) is 0 Å². The molecule has 21 heavy (non-hydrogen) atoms. The fourth-order valence-corrected chi connectivity index (χ4v) is 2.63. The average Bonchev–Trinajstić information content (AvgIpc) is 2.52. The number of rotatable bonds is 6. The van der Waals surface area contributed by atoms with E-state index in [-0.39, 0.29) is 12.5 Å². The Morgan fingerprint density at radius 2 is 2.00 bits per heavy atom. The van der Waals surface area contributed by atoms with Gasteiger partial charge in [-0.05, 0) is 30.2 Å². The third kappa shape index (κ3) is 4.88. The Labute approximate surface area is 128 Å². The van der Waals surface area contributed by atoms with Gasteiger partial charge in [0.05, 0.1) is 11.9 Å². The van der Waals surface area contributed by atoms with Gasteiger partial charge in [0.15, 0.2) is 0 Å². The maximum atomic E-state index is 11.8. The Balaban J connectivity index is 1.77. The van der Waals surface area contributed by atoms with E-state index in [0.29, 0.717) is 5.75 Å². The number of nitrogens with one attached hydrogen (secondary N) is 1. The largest absolute Gasteiger partial charge is 0.387 e. The molecule has 2 aromatic rings. The molecule has 4 nitrogen and oxygen atoms in total. The van der Waals surface area contributed by atoms with Crippen molar-refractivity contribution in [2.24, 2.45) is 0 Å². The fraction of sp³-hybridized carbons (Fsp3) is 0.250. The monoisotopic (exact) mass is 302 g/mol. The van der Waals surface area contributed by atoms with Crippen LogP contribution in [0.4, 0.5) is 0 Å². The number of pyridine rings is 1. The minimum absolute atomic E-state index is 0.0931. The molecule has 1 aromatic carbocycles. The SMILES string of the molecule is Cc1ccccc1C(O)CNC(=O)CSc1ccncc1. The molecule has 0 aliphatic rings. The molecular weight excluding hydrogens is 284 g/mol. The van der Waals surface area contributed by atoms with Crippen LogP contribution in [0, 0.1) is 6.92 Å². The van der Waals surface area contributed by atoms with Crippen LogP contribution >= 0.6 is 11.8 Å². The summed E-state index contributed by atoms with van der Waals surface area (Å²) in [4.78, 5) is 16.7. The summed E-state index contributed by atoms with van der Waals surface area (Å²) in [5, 5.41) is 12.9. The van der Waals surface area contributed by atoms with Crippen LogP contribution in [0.5, 0.6) is 0 Å². The van der Waals surface area contributed by atoms with Crippen molar-refractivity contribution in [3.8, 4) is 0 Å². The van der Waals surface area contributed by atoms with Gasteiger partial charge in [-0.2, -0.15) is 0 Å². The van der Waals surface area contributed by atoms with E-state index in [2.05, 4.69) is 10.3 Å². The zero-order valence-electron chi connectivity index (χ0n) is 11.8. The molecule has 0 bridgehead atoms. The summed E-state index contributed by atoms with van der Waals surface area (Å²) in [6.45, 7) is 2.17. The van der Waals surface area contributed by atoms with Crippen molar-refractivity contribution < 1.29 is 9.90 Å². The van der Waals surface area contributed by atoms with Crippen LogP contribution < -0.4 is 5.32 Å². The molecule has 1 heterocycles. The minimum Gasteiger partial charge on any atom is -0.387 e. The molecule has 0 saturated heterocycles. The van der Waals surface area contributed by atoms with E-state index in [4.69, 9.17) is 0 Å². The predicted octanol–water partition coefficient (Wildman–Crippen LogP) is 2.33. The molecule has 0 radical (unpaired) electrons. The van der Waals surface area contributed by atoms with Crippen molar-refractivity contribution in [3.63, 3.8) is 0 Å². The number of aryl methyl sites for hydroxylation is 1. The van der Waals surface area contributed by atoms with E-state index in [1.54, 1.807) is 12.4 Å². The van der Waals surface area contributed by atoms with E-state index >= 15 is 0 Å². The van der Waals surface area contributed by atoms with Crippen LogP contribution in [-0.2, 0) is 4.79 Å². The molecule has 0 aliphatic carbocycles. The Morgan fingerprint density at radius 1 is 1.29 bits per heavy atom. The number of carbonyl (C=O) groups excluding carboxylic acids is 1. The number of hydrogen-bond acceptors (Lipinski definition) is 4. The summed E-state index contributed by atoms with van der Waals surface area (Å²) in [7, 11) is 0. The Bertz CT molecular complexity index is 590. The quantitative estimate of drug-likeness (QED) is 0.804. The van der Waals surface area contributed by atoms with Crippen LogP contribution in [0.1, 0.15) is 17.2 Å². The first-order valence-electron chi connectivity index (χ1n) is 6.70. The zero-order valence-corrected chi connectivity index (χ0v) is 12.6. The van der Waals surface area contributed by atoms with Crippen molar-refractivity contribution in [3.05, 3.63) is 59.9 Å². The highest BCUT2D eigenvalue weighted by atomic mass is 32.2. The van der Waals surface area contributed by atoms with E-state index in [1.165, 1.54) is 11.8 Å². The lowest BCUT2D eigenvalue weighted by atomic mass is 10.0. The maximum absolute atomic E-state index is 11.8. The Kier molecular flexibility index (Phi) is 5.78. The second kappa shape index (κ2) is 7.81. The molecule has 0 aliphatic heterocycles. The Hall–Kier alpha value is -1.85. The lowest BCUT2D eigenvalue weighted by Crippen LogP contribution is -2.30. The summed E-state index contributed by atoms with van der Waals surface area (Å²) in [6.07, 6.45) is 2.71. The highest BCUT2D eigenvalue weighted by Crippen LogP contribution is 2.17. The number of aliphatic hydroxyl groups is 1. The molecule has 1 atom stereocenters. The molecule has 2 rings (SSSR count). The minimum atomic E-state index is -0.680. The van der Waals surface area contributed by atoms with Gasteiger partial charge in [-0.1, -0.05) is 24.3 Å². The zero-order chi connectivity index (χ0) is 15.1. The maximum Gasteiger partial charge on any atom is 0.230 e. The van der Waals surface area contributed by atoms with Gasteiger partial charge >= 0.3 is 0 Å². The highest BCUT2D eigenvalue weighted by Gasteiger charge is 2.11. The predicted molar refractivity (Wildman–Crippen MR) is 84.1 cm³/mol. The van der Waals surface area contributed by atoms with Gasteiger partial charge in [0.25, 0.3) is 0 Å². The van der Waals surface area contributed by atoms with Gasteiger partial charge in [0.2, 0.25) is 5.91 Å². The number of hydrogen-bond donors (Lipinski definition) is 2. The van der Waals surface area contributed by atoms with Crippen LogP contribution in [0.25, 0.3) is 0 Å². The number of benzene rings is 1. The molecule has 5 heteroatoms. The molecule has 1 aromatic heterocycles. The third-order valence-electron chi connectivity index (χ3n) is 3.06. The molecule has 0 fully saturated rings. The molecule has 1 unspecified atom stereocenters. The number of amides is 1. The first-order chi connectivity index (χ1) is 10.2. The standard InChI is InChI=1S/C16H18N2O2S/c1-12-4-2-3-5-14(12)15(19)10-18-16(20)11-21-13-6-8-17-9-7-13/h2-9,15,19H,10-11H2,1H3,(H,18,20). The number of nitrogens with zero attached hydrogens (tertiary/aromatic N) is 1. The number of thioether (sulfide) groups is 1. The summed E-state index contributed by atoms with van der Waals surface area (Å²) < 4.78 is 0. The summed E-state index contributed by atoms with van der Waals surface area (Å²) in [6, 6.07) is 11.3. The smallest absolute Gasteiger partial charge is 0.230 e. The molecular formula is C16H18N2O2S. The fourth-order valence-electron chi connectivity index (χ4n) is 1.92. The summed E-state index contributed by atoms with van der Waals surface area (Å²) in [5.41, 5.74) is 1.87. The van der Waals surface area contributed by atoms with E-state index in [0.717, 1.165) is 16.0 Å². The first kappa shape index (κ1) is 15.5. The highest BCUT2D eigenvalue weighted by molar-refractivity contribution is 8.00. The summed E-state index contributed by atoms with van der Waals surface area (Å²) in [5.74, 6) is 0.231. The van der Waals surface area contributed by atoms with E-state index in [1.807, 2.05) is 43.3 Å². The van der Waals surface area contributed by atoms with Gasteiger partial charge in [-0.3, -0.25) is 9.78 Å². The van der Waals surface area contributed by atoms with Crippen molar-refractivity contribution >= 4 is 17.7 Å². The lowest BCUT2D eigenvalue weighted by molar-refractivity contribution is -0.119. The molecule has 1 amide bonds. The van der Waals surface area contributed by atoms with Crippen molar-refractivity contribution in [1.82, 2.24) is 10.3 Å². The molecule has 2 N–H and O–H groups in total. The third-order valence-corrected chi connectivity index (χ3v) is 4.07. The number of aromatic nitrogens is 1. The van der Waals surface area contributed by atoms with Crippen molar-refractivity contribution in [1.29, 1.82) is 0 Å². The molecule has 0 saturated carbocycles. The van der Waals surface area contributed by atoms with E-state index in [9.17, 15) is 9.90 Å². The number of aliphatic hydroxyl groups excluding tert-OH is 1. The van der Waals surface area contributed by atoms with Crippen LogP contribution in [0.3, 0.4) is 0 Å². The topological polar surface area (TPSA) is 62.2 Å². The normalized spacial score (nSPS) is 11.9. The van der Waals surface area contributed by atoms with Crippen LogP contribution in [0.15, 0.2) is 53.7 Å². The second-order valence-corrected chi connectivity index (χ2v) is 5.70. The van der Waals surface area contributed by atoms with E-state index < -0.39 is 6.10 Å². The number of carbonyl (C=O) groups is 1. The average molecular weight is 302 g/mol. The molecule has 110 valence electrons. The van der Waals surface area contributed by atoms with Crippen molar-refractivity contribution in [2.45, 2.75) is 17.9 Å². The van der Waals surface area contributed by atoms with Gasteiger partial charge in [-0.25, -0.2) is 0 Å². The van der Waals surface area contributed by atoms with Gasteiger partial charge in [0.1, 0.15) is 0 Å². The van der Waals surface area contributed by atoms with Gasteiger partial charge < -0.3 is 10.4 Å². The van der Waals surface area contributed by atoms with Crippen molar-refractivity contribution in [2.75, 3.05) is 12.3 Å². The van der Waals surface area contributed by atoms with Gasteiger partial charge in [0, 0.05) is 23.8 Å².